The van der Waals surface area contributed by atoms with Crippen molar-refractivity contribution in [3.05, 3.63) is 65.2 Å². The van der Waals surface area contributed by atoms with E-state index < -0.39 is 5.41 Å². The lowest BCUT2D eigenvalue weighted by molar-refractivity contribution is -0.129. The molecule has 0 saturated carbocycles. The summed E-state index contributed by atoms with van der Waals surface area (Å²) in [5, 5.41) is 0. The average Bonchev–Trinajstić information content (AvgIpc) is 2.64. The summed E-state index contributed by atoms with van der Waals surface area (Å²) in [4.78, 5) is 30.2. The number of rotatable bonds is 4. The Morgan fingerprint density at radius 1 is 1.19 bits per heavy atom. The molecule has 5 nitrogen and oxygen atoms in total. The average molecular weight is 355 g/mol. The fourth-order valence-corrected chi connectivity index (χ4v) is 3.12. The Bertz CT molecular complexity index is 812. The Hall–Kier alpha value is -2.76. The third-order valence-corrected chi connectivity index (χ3v) is 5.15. The van der Waals surface area contributed by atoms with Crippen LogP contribution in [0, 0.1) is 11.2 Å². The van der Waals surface area contributed by atoms with E-state index in [0.29, 0.717) is 49.2 Å². The fraction of sp³-hybridized carbons (Fsp3) is 0.350. The number of nitrogens with two attached hydrogens (primary N) is 1. The summed E-state index contributed by atoms with van der Waals surface area (Å²) in [5.74, 6) is -0.689. The minimum atomic E-state index is -0.543. The largest absolute Gasteiger partial charge is 0.369 e. The summed E-state index contributed by atoms with van der Waals surface area (Å²) in [6.07, 6.45) is 3.03. The Labute approximate surface area is 152 Å². The molecule has 1 aliphatic heterocycles. The molecule has 0 atom stereocenters. The van der Waals surface area contributed by atoms with Gasteiger partial charge in [0.15, 0.2) is 0 Å². The zero-order valence-corrected chi connectivity index (χ0v) is 14.7. The predicted octanol–water partition coefficient (Wildman–Crippen LogP) is 2.54. The lowest BCUT2D eigenvalue weighted by Crippen LogP contribution is -2.47. The van der Waals surface area contributed by atoms with Crippen LogP contribution in [-0.4, -0.2) is 34.8 Å². The molecule has 2 heterocycles. The van der Waals surface area contributed by atoms with Crippen molar-refractivity contribution < 1.29 is 14.0 Å². The Morgan fingerprint density at radius 2 is 1.88 bits per heavy atom. The number of carbonyl (C=O) groups is 2. The highest BCUT2D eigenvalue weighted by Crippen LogP contribution is 2.30. The maximum Gasteiger partial charge on any atom is 0.255 e. The Balaban J connectivity index is 1.65. The molecule has 0 aliphatic carbocycles. The molecular weight excluding hydrogens is 333 g/mol. The molecule has 1 aromatic carbocycles. The van der Waals surface area contributed by atoms with Gasteiger partial charge < -0.3 is 10.6 Å². The SMILES string of the molecule is CC1(C(N)=O)CCN(C(=O)c2ccc(Cc3ccccc3F)nc2)CC1. The molecule has 1 fully saturated rings. The van der Waals surface area contributed by atoms with Crippen molar-refractivity contribution >= 4 is 11.8 Å². The van der Waals surface area contributed by atoms with Crippen LogP contribution in [0.4, 0.5) is 4.39 Å². The van der Waals surface area contributed by atoms with Gasteiger partial charge >= 0.3 is 0 Å². The number of hydrogen-bond acceptors (Lipinski definition) is 3. The first kappa shape index (κ1) is 18.0. The highest BCUT2D eigenvalue weighted by atomic mass is 19.1. The van der Waals surface area contributed by atoms with E-state index >= 15 is 0 Å². The van der Waals surface area contributed by atoms with E-state index in [2.05, 4.69) is 4.98 Å². The predicted molar refractivity (Wildman–Crippen MR) is 95.9 cm³/mol. The number of aromatic nitrogens is 1. The smallest absolute Gasteiger partial charge is 0.255 e. The van der Waals surface area contributed by atoms with Gasteiger partial charge in [0.25, 0.3) is 5.91 Å². The number of primary amides is 1. The number of hydrogen-bond donors (Lipinski definition) is 1. The normalized spacial score (nSPS) is 16.3. The first-order valence-electron chi connectivity index (χ1n) is 8.66. The number of carbonyl (C=O) groups excluding carboxylic acids is 2. The highest BCUT2D eigenvalue weighted by molar-refractivity contribution is 5.94. The van der Waals surface area contributed by atoms with Crippen LogP contribution in [0.15, 0.2) is 42.6 Å². The number of amides is 2. The van der Waals surface area contributed by atoms with E-state index in [9.17, 15) is 14.0 Å². The number of piperidine rings is 1. The van der Waals surface area contributed by atoms with Crippen LogP contribution < -0.4 is 5.73 Å². The topological polar surface area (TPSA) is 76.3 Å². The van der Waals surface area contributed by atoms with E-state index in [1.165, 1.54) is 12.3 Å². The minimum absolute atomic E-state index is 0.110. The van der Waals surface area contributed by atoms with Crippen molar-refractivity contribution in [2.24, 2.45) is 11.1 Å². The van der Waals surface area contributed by atoms with Gasteiger partial charge in [-0.2, -0.15) is 0 Å². The molecule has 0 unspecified atom stereocenters. The van der Waals surface area contributed by atoms with Gasteiger partial charge in [0.05, 0.1) is 5.56 Å². The fourth-order valence-electron chi connectivity index (χ4n) is 3.12. The summed E-state index contributed by atoms with van der Waals surface area (Å²) in [5.41, 5.74) is 6.66. The maximum absolute atomic E-state index is 13.7. The summed E-state index contributed by atoms with van der Waals surface area (Å²) >= 11 is 0. The third-order valence-electron chi connectivity index (χ3n) is 5.15. The summed E-state index contributed by atoms with van der Waals surface area (Å²) in [6.45, 7) is 2.83. The molecule has 3 rings (SSSR count). The molecule has 2 N–H and O–H groups in total. The highest BCUT2D eigenvalue weighted by Gasteiger charge is 2.36. The second-order valence-electron chi connectivity index (χ2n) is 7.02. The van der Waals surface area contributed by atoms with Gasteiger partial charge in [-0.3, -0.25) is 14.6 Å². The van der Waals surface area contributed by atoms with Gasteiger partial charge in [0.1, 0.15) is 5.82 Å². The monoisotopic (exact) mass is 355 g/mol. The zero-order valence-electron chi connectivity index (χ0n) is 14.7. The molecule has 1 aromatic heterocycles. The van der Waals surface area contributed by atoms with Crippen molar-refractivity contribution in [3.63, 3.8) is 0 Å². The van der Waals surface area contributed by atoms with E-state index in [-0.39, 0.29) is 17.6 Å². The van der Waals surface area contributed by atoms with Gasteiger partial charge in [-0.1, -0.05) is 25.1 Å². The van der Waals surface area contributed by atoms with E-state index in [4.69, 9.17) is 5.73 Å². The first-order chi connectivity index (χ1) is 12.4. The summed E-state index contributed by atoms with van der Waals surface area (Å²) in [6, 6.07) is 10.0. The molecule has 6 heteroatoms. The van der Waals surface area contributed by atoms with Gasteiger partial charge in [0, 0.05) is 36.8 Å². The van der Waals surface area contributed by atoms with E-state index in [0.717, 1.165) is 0 Å². The van der Waals surface area contributed by atoms with Crippen molar-refractivity contribution in [2.75, 3.05) is 13.1 Å². The van der Waals surface area contributed by atoms with Crippen molar-refractivity contribution in [3.8, 4) is 0 Å². The van der Waals surface area contributed by atoms with E-state index in [1.807, 2.05) is 6.92 Å². The maximum atomic E-state index is 13.7. The van der Waals surface area contributed by atoms with Crippen LogP contribution in [0.25, 0.3) is 0 Å². The number of benzene rings is 1. The van der Waals surface area contributed by atoms with E-state index in [1.54, 1.807) is 35.2 Å². The molecule has 1 aliphatic rings. The summed E-state index contributed by atoms with van der Waals surface area (Å²) in [7, 11) is 0. The van der Waals surface area contributed by atoms with Crippen LogP contribution in [0.3, 0.4) is 0 Å². The lowest BCUT2D eigenvalue weighted by atomic mass is 9.79. The standard InChI is InChI=1S/C20H22FN3O2/c1-20(19(22)26)8-10-24(11-9-20)18(25)15-6-7-16(23-13-15)12-14-4-2-3-5-17(14)21/h2-7,13H,8-12H2,1H3,(H2,22,26). The van der Waals surface area contributed by atoms with Gasteiger partial charge in [-0.05, 0) is 36.6 Å². The van der Waals surface area contributed by atoms with Crippen LogP contribution in [0.2, 0.25) is 0 Å². The van der Waals surface area contributed by atoms with Crippen molar-refractivity contribution in [2.45, 2.75) is 26.2 Å². The zero-order chi connectivity index (χ0) is 18.7. The molecular formula is C20H22FN3O2. The van der Waals surface area contributed by atoms with Crippen LogP contribution in [0.1, 0.15) is 41.4 Å². The quantitative estimate of drug-likeness (QED) is 0.916. The van der Waals surface area contributed by atoms with Crippen LogP contribution in [-0.2, 0) is 11.2 Å². The molecule has 0 radical (unpaired) electrons. The van der Waals surface area contributed by atoms with Gasteiger partial charge in [-0.15, -0.1) is 0 Å². The first-order valence-corrected chi connectivity index (χ1v) is 8.66. The van der Waals surface area contributed by atoms with Crippen molar-refractivity contribution in [1.29, 1.82) is 0 Å². The van der Waals surface area contributed by atoms with Crippen molar-refractivity contribution in [1.82, 2.24) is 9.88 Å². The molecule has 0 spiro atoms. The second kappa shape index (κ2) is 7.23. The third kappa shape index (κ3) is 3.74. The summed E-state index contributed by atoms with van der Waals surface area (Å²) < 4.78 is 13.7. The molecule has 2 amide bonds. The molecule has 1 saturated heterocycles. The molecule has 136 valence electrons. The molecule has 2 aromatic rings. The number of pyridine rings is 1. The van der Waals surface area contributed by atoms with Gasteiger partial charge in [-0.25, -0.2) is 4.39 Å². The molecule has 0 bridgehead atoms. The second-order valence-corrected chi connectivity index (χ2v) is 7.02. The van der Waals surface area contributed by atoms with Crippen LogP contribution >= 0.6 is 0 Å². The Kier molecular flexibility index (Phi) is 5.02. The molecule has 26 heavy (non-hydrogen) atoms. The Morgan fingerprint density at radius 3 is 2.46 bits per heavy atom. The lowest BCUT2D eigenvalue weighted by Gasteiger charge is -2.37. The van der Waals surface area contributed by atoms with Gasteiger partial charge in [0.2, 0.25) is 5.91 Å². The van der Waals surface area contributed by atoms with Crippen LogP contribution in [0.5, 0.6) is 0 Å². The number of nitrogens with zero attached hydrogens (tertiary/aromatic N) is 2. The number of halogens is 1. The number of likely N-dealkylation sites (tertiary alicyclic amines) is 1. The minimum Gasteiger partial charge on any atom is -0.369 e.